The molecule has 0 heterocycles. The number of carbonyl (C=O) groups is 1. The Morgan fingerprint density at radius 1 is 1.55 bits per heavy atom. The summed E-state index contributed by atoms with van der Waals surface area (Å²) in [7, 11) is 0. The van der Waals surface area contributed by atoms with Crippen molar-refractivity contribution in [2.75, 3.05) is 11.9 Å². The van der Waals surface area contributed by atoms with E-state index in [2.05, 4.69) is 10.6 Å². The molecule has 1 saturated carbocycles. The van der Waals surface area contributed by atoms with Crippen molar-refractivity contribution in [3.8, 4) is 0 Å². The van der Waals surface area contributed by atoms with Crippen LogP contribution in [0.25, 0.3) is 0 Å². The number of anilines is 1. The zero-order valence-corrected chi connectivity index (χ0v) is 12.6. The summed E-state index contributed by atoms with van der Waals surface area (Å²) >= 11 is 5.93. The number of aliphatic hydroxyl groups excluding tert-OH is 1. The van der Waals surface area contributed by atoms with Gasteiger partial charge < -0.3 is 15.7 Å². The highest BCUT2D eigenvalue weighted by atomic mass is 35.5. The van der Waals surface area contributed by atoms with Gasteiger partial charge in [-0.25, -0.2) is 4.79 Å². The maximum atomic E-state index is 12.1. The summed E-state index contributed by atoms with van der Waals surface area (Å²) in [6.07, 6.45) is 2.86. The van der Waals surface area contributed by atoms with Crippen molar-refractivity contribution in [3.63, 3.8) is 0 Å². The van der Waals surface area contributed by atoms with Crippen LogP contribution in [0.15, 0.2) is 18.2 Å². The molecule has 1 aliphatic carbocycles. The van der Waals surface area contributed by atoms with E-state index in [4.69, 9.17) is 11.6 Å². The van der Waals surface area contributed by atoms with Gasteiger partial charge in [0.25, 0.3) is 0 Å². The van der Waals surface area contributed by atoms with Crippen molar-refractivity contribution < 1.29 is 9.90 Å². The minimum Gasteiger partial charge on any atom is -0.396 e. The van der Waals surface area contributed by atoms with E-state index in [0.717, 1.165) is 24.8 Å². The number of aliphatic hydroxyl groups is 1. The minimum absolute atomic E-state index is 0.00647. The average Bonchev–Trinajstić information content (AvgIpc) is 2.76. The first-order valence-corrected chi connectivity index (χ1v) is 7.27. The van der Waals surface area contributed by atoms with Crippen molar-refractivity contribution in [1.29, 1.82) is 0 Å². The normalized spacial score (nSPS) is 25.5. The summed E-state index contributed by atoms with van der Waals surface area (Å²) in [5.41, 5.74) is 1.44. The van der Waals surface area contributed by atoms with Gasteiger partial charge in [0, 0.05) is 22.2 Å². The Morgan fingerprint density at radius 3 is 3.00 bits per heavy atom. The molecule has 0 saturated heterocycles. The van der Waals surface area contributed by atoms with Gasteiger partial charge in [-0.15, -0.1) is 0 Å². The predicted octanol–water partition coefficient (Wildman–Crippen LogP) is 3.32. The second-order valence-electron chi connectivity index (χ2n) is 5.81. The highest BCUT2D eigenvalue weighted by molar-refractivity contribution is 6.31. The second kappa shape index (κ2) is 6.02. The number of aryl methyl sites for hydroxylation is 1. The molecule has 1 fully saturated rings. The Kier molecular flexibility index (Phi) is 4.55. The maximum Gasteiger partial charge on any atom is 0.319 e. The second-order valence-corrected chi connectivity index (χ2v) is 6.25. The zero-order valence-electron chi connectivity index (χ0n) is 11.9. The van der Waals surface area contributed by atoms with Crippen LogP contribution in [0.1, 0.15) is 31.7 Å². The first-order valence-electron chi connectivity index (χ1n) is 6.89. The molecule has 5 heteroatoms. The SMILES string of the molecule is Cc1ccc(Cl)cc1NC(=O)NC1CCCC1(C)CO. The number of hydrogen-bond donors (Lipinski definition) is 3. The topological polar surface area (TPSA) is 61.4 Å². The van der Waals surface area contributed by atoms with Crippen LogP contribution < -0.4 is 10.6 Å². The Labute approximate surface area is 124 Å². The van der Waals surface area contributed by atoms with Crippen molar-refractivity contribution in [3.05, 3.63) is 28.8 Å². The van der Waals surface area contributed by atoms with E-state index in [1.54, 1.807) is 12.1 Å². The van der Waals surface area contributed by atoms with Crippen molar-refractivity contribution in [2.45, 2.75) is 39.2 Å². The predicted molar refractivity (Wildman–Crippen MR) is 81.2 cm³/mol. The molecule has 110 valence electrons. The molecule has 20 heavy (non-hydrogen) atoms. The number of amides is 2. The molecule has 2 unspecified atom stereocenters. The van der Waals surface area contributed by atoms with Crippen LogP contribution in [-0.2, 0) is 0 Å². The summed E-state index contributed by atoms with van der Waals surface area (Å²) in [6.45, 7) is 4.02. The lowest BCUT2D eigenvalue weighted by molar-refractivity contribution is 0.122. The summed E-state index contributed by atoms with van der Waals surface area (Å²) in [4.78, 5) is 12.1. The number of nitrogens with one attached hydrogen (secondary N) is 2. The van der Waals surface area contributed by atoms with E-state index < -0.39 is 0 Å². The van der Waals surface area contributed by atoms with E-state index in [9.17, 15) is 9.90 Å². The molecule has 0 radical (unpaired) electrons. The fraction of sp³-hybridized carbons (Fsp3) is 0.533. The van der Waals surface area contributed by atoms with Crippen LogP contribution in [-0.4, -0.2) is 23.8 Å². The summed E-state index contributed by atoms with van der Waals surface area (Å²) in [5.74, 6) is 0. The summed E-state index contributed by atoms with van der Waals surface area (Å²) in [6, 6.07) is 5.15. The fourth-order valence-corrected chi connectivity index (χ4v) is 2.89. The molecule has 2 rings (SSSR count). The number of halogens is 1. The third-order valence-corrected chi connectivity index (χ3v) is 4.43. The van der Waals surface area contributed by atoms with Crippen LogP contribution >= 0.6 is 11.6 Å². The van der Waals surface area contributed by atoms with Gasteiger partial charge in [-0.2, -0.15) is 0 Å². The first kappa shape index (κ1) is 15.1. The lowest BCUT2D eigenvalue weighted by Gasteiger charge is -2.30. The molecule has 0 spiro atoms. The lowest BCUT2D eigenvalue weighted by atomic mass is 9.86. The van der Waals surface area contributed by atoms with Gasteiger partial charge in [-0.1, -0.05) is 31.0 Å². The zero-order chi connectivity index (χ0) is 14.8. The Balaban J connectivity index is 2.01. The van der Waals surface area contributed by atoms with Gasteiger partial charge in [0.05, 0.1) is 6.61 Å². The molecule has 3 N–H and O–H groups in total. The van der Waals surface area contributed by atoms with E-state index in [1.165, 1.54) is 0 Å². The van der Waals surface area contributed by atoms with Crippen molar-refractivity contribution >= 4 is 23.3 Å². The molecular formula is C15H21ClN2O2. The maximum absolute atomic E-state index is 12.1. The summed E-state index contributed by atoms with van der Waals surface area (Å²) in [5, 5.41) is 15.9. The third kappa shape index (κ3) is 3.25. The molecule has 1 aliphatic rings. The molecular weight excluding hydrogens is 276 g/mol. The fourth-order valence-electron chi connectivity index (χ4n) is 2.71. The number of rotatable bonds is 3. The Bertz CT molecular complexity index is 507. The summed E-state index contributed by atoms with van der Waals surface area (Å²) < 4.78 is 0. The van der Waals surface area contributed by atoms with Crippen LogP contribution in [0.4, 0.5) is 10.5 Å². The molecule has 1 aromatic carbocycles. The average molecular weight is 297 g/mol. The Morgan fingerprint density at radius 2 is 2.30 bits per heavy atom. The highest BCUT2D eigenvalue weighted by Crippen LogP contribution is 2.37. The molecule has 0 aliphatic heterocycles. The molecule has 4 nitrogen and oxygen atoms in total. The van der Waals surface area contributed by atoms with E-state index >= 15 is 0 Å². The van der Waals surface area contributed by atoms with Gasteiger partial charge in [0.1, 0.15) is 0 Å². The Hall–Kier alpha value is -1.26. The van der Waals surface area contributed by atoms with Gasteiger partial charge >= 0.3 is 6.03 Å². The lowest BCUT2D eigenvalue weighted by Crippen LogP contribution is -2.46. The quantitative estimate of drug-likeness (QED) is 0.801. The largest absolute Gasteiger partial charge is 0.396 e. The molecule has 0 aromatic heterocycles. The molecule has 2 amide bonds. The number of urea groups is 1. The van der Waals surface area contributed by atoms with E-state index in [0.29, 0.717) is 10.7 Å². The van der Waals surface area contributed by atoms with Gasteiger partial charge in [0.2, 0.25) is 0 Å². The first-order chi connectivity index (χ1) is 9.44. The van der Waals surface area contributed by atoms with Crippen LogP contribution in [0.3, 0.4) is 0 Å². The van der Waals surface area contributed by atoms with E-state index in [-0.39, 0.29) is 24.1 Å². The monoisotopic (exact) mass is 296 g/mol. The van der Waals surface area contributed by atoms with Crippen LogP contribution in [0, 0.1) is 12.3 Å². The van der Waals surface area contributed by atoms with Gasteiger partial charge in [-0.05, 0) is 37.5 Å². The van der Waals surface area contributed by atoms with Crippen LogP contribution in [0.5, 0.6) is 0 Å². The van der Waals surface area contributed by atoms with Crippen LogP contribution in [0.2, 0.25) is 5.02 Å². The van der Waals surface area contributed by atoms with Gasteiger partial charge in [-0.3, -0.25) is 0 Å². The molecule has 1 aromatic rings. The smallest absolute Gasteiger partial charge is 0.319 e. The number of hydrogen-bond acceptors (Lipinski definition) is 2. The molecule has 2 atom stereocenters. The van der Waals surface area contributed by atoms with E-state index in [1.807, 2.05) is 19.9 Å². The van der Waals surface area contributed by atoms with Crippen molar-refractivity contribution in [2.24, 2.45) is 5.41 Å². The van der Waals surface area contributed by atoms with Crippen molar-refractivity contribution in [1.82, 2.24) is 5.32 Å². The standard InChI is InChI=1S/C15H21ClN2O2/c1-10-5-6-11(16)8-12(10)17-14(20)18-13-4-3-7-15(13,2)9-19/h5-6,8,13,19H,3-4,7,9H2,1-2H3,(H2,17,18,20). The highest BCUT2D eigenvalue weighted by Gasteiger charge is 2.39. The number of carbonyl (C=O) groups excluding carboxylic acids is 1. The van der Waals surface area contributed by atoms with Gasteiger partial charge in [0.15, 0.2) is 0 Å². The minimum atomic E-state index is -0.248. The molecule has 0 bridgehead atoms. The number of benzene rings is 1. The third-order valence-electron chi connectivity index (χ3n) is 4.20.